The van der Waals surface area contributed by atoms with Gasteiger partial charge in [0, 0.05) is 6.04 Å². The quantitative estimate of drug-likeness (QED) is 0.621. The molecule has 0 atom stereocenters. The van der Waals surface area contributed by atoms with Crippen molar-refractivity contribution in [1.29, 1.82) is 0 Å². The van der Waals surface area contributed by atoms with E-state index in [1.807, 2.05) is 12.1 Å². The molecule has 1 saturated carbocycles. The van der Waals surface area contributed by atoms with Crippen LogP contribution in [-0.2, 0) is 0 Å². The molecule has 1 aliphatic carbocycles. The van der Waals surface area contributed by atoms with Gasteiger partial charge in [-0.1, -0.05) is 0 Å². The van der Waals surface area contributed by atoms with E-state index in [0.717, 1.165) is 18.7 Å². The Kier molecular flexibility index (Phi) is 2.06. The molecule has 1 aromatic heterocycles. The van der Waals surface area contributed by atoms with Gasteiger partial charge in [-0.15, -0.1) is 0 Å². The fraction of sp³-hybridized carbons (Fsp3) is 0.444. The third-order valence-corrected chi connectivity index (χ3v) is 2.25. The molecule has 0 spiro atoms. The third-order valence-electron chi connectivity index (χ3n) is 2.25. The number of hydrogen-bond acceptors (Lipinski definition) is 4. The summed E-state index contributed by atoms with van der Waals surface area (Å²) >= 11 is 0. The number of aliphatic hydroxyl groups excluding tert-OH is 1. The molecule has 1 heterocycles. The van der Waals surface area contributed by atoms with Crippen molar-refractivity contribution in [2.75, 3.05) is 11.1 Å². The van der Waals surface area contributed by atoms with Gasteiger partial charge in [-0.25, -0.2) is 4.98 Å². The van der Waals surface area contributed by atoms with E-state index >= 15 is 0 Å². The number of aliphatic hydroxyl groups is 1. The molecule has 70 valence electrons. The van der Waals surface area contributed by atoms with Gasteiger partial charge >= 0.3 is 0 Å². The lowest BCUT2D eigenvalue weighted by Gasteiger charge is -2.32. The Balaban J connectivity index is 1.91. The predicted molar refractivity (Wildman–Crippen MR) is 51.3 cm³/mol. The van der Waals surface area contributed by atoms with E-state index < -0.39 is 0 Å². The van der Waals surface area contributed by atoms with Crippen LogP contribution in [0.3, 0.4) is 0 Å². The molecule has 0 aromatic carbocycles. The fourth-order valence-corrected chi connectivity index (χ4v) is 1.41. The number of nitrogens with zero attached hydrogens (tertiary/aromatic N) is 1. The SMILES string of the molecule is Nc1ccc(NC2CC(O)C2)nc1. The van der Waals surface area contributed by atoms with Gasteiger partial charge in [-0.05, 0) is 25.0 Å². The molecule has 4 nitrogen and oxygen atoms in total. The van der Waals surface area contributed by atoms with E-state index in [0.29, 0.717) is 11.7 Å². The molecule has 1 aromatic rings. The summed E-state index contributed by atoms with van der Waals surface area (Å²) < 4.78 is 0. The number of nitrogens with two attached hydrogens (primary N) is 1. The Labute approximate surface area is 76.8 Å². The van der Waals surface area contributed by atoms with E-state index in [4.69, 9.17) is 10.8 Å². The molecule has 0 bridgehead atoms. The predicted octanol–water partition coefficient (Wildman–Crippen LogP) is 0.599. The molecule has 0 aliphatic heterocycles. The van der Waals surface area contributed by atoms with Gasteiger partial charge in [-0.2, -0.15) is 0 Å². The maximum Gasteiger partial charge on any atom is 0.126 e. The van der Waals surface area contributed by atoms with Crippen molar-refractivity contribution in [2.24, 2.45) is 0 Å². The van der Waals surface area contributed by atoms with Gasteiger partial charge in [0.25, 0.3) is 0 Å². The fourth-order valence-electron chi connectivity index (χ4n) is 1.41. The number of hydrogen-bond donors (Lipinski definition) is 3. The topological polar surface area (TPSA) is 71.2 Å². The van der Waals surface area contributed by atoms with Crippen molar-refractivity contribution in [2.45, 2.75) is 25.0 Å². The highest BCUT2D eigenvalue weighted by molar-refractivity contribution is 5.44. The first-order valence-electron chi connectivity index (χ1n) is 4.40. The summed E-state index contributed by atoms with van der Waals surface area (Å²) in [7, 11) is 0. The lowest BCUT2D eigenvalue weighted by atomic mass is 9.89. The molecule has 4 heteroatoms. The van der Waals surface area contributed by atoms with Crippen molar-refractivity contribution < 1.29 is 5.11 Å². The lowest BCUT2D eigenvalue weighted by Crippen LogP contribution is -2.39. The van der Waals surface area contributed by atoms with Crippen molar-refractivity contribution >= 4 is 11.5 Å². The maximum absolute atomic E-state index is 9.06. The van der Waals surface area contributed by atoms with Gasteiger partial charge < -0.3 is 16.2 Å². The van der Waals surface area contributed by atoms with Crippen LogP contribution in [0.15, 0.2) is 18.3 Å². The van der Waals surface area contributed by atoms with Crippen molar-refractivity contribution in [3.8, 4) is 0 Å². The van der Waals surface area contributed by atoms with Gasteiger partial charge in [0.05, 0.1) is 18.0 Å². The lowest BCUT2D eigenvalue weighted by molar-refractivity contribution is 0.0835. The van der Waals surface area contributed by atoms with Crippen LogP contribution in [0.2, 0.25) is 0 Å². The van der Waals surface area contributed by atoms with Crippen molar-refractivity contribution in [1.82, 2.24) is 4.98 Å². The van der Waals surface area contributed by atoms with E-state index in [1.54, 1.807) is 6.20 Å². The highest BCUT2D eigenvalue weighted by Crippen LogP contribution is 2.23. The largest absolute Gasteiger partial charge is 0.397 e. The minimum atomic E-state index is -0.133. The molecule has 0 amide bonds. The van der Waals surface area contributed by atoms with Crippen LogP contribution in [0.4, 0.5) is 11.5 Å². The molecular weight excluding hydrogens is 166 g/mol. The smallest absolute Gasteiger partial charge is 0.126 e. The summed E-state index contributed by atoms with van der Waals surface area (Å²) in [6, 6.07) is 4.02. The highest BCUT2D eigenvalue weighted by Gasteiger charge is 2.26. The maximum atomic E-state index is 9.06. The first-order chi connectivity index (χ1) is 6.24. The van der Waals surface area contributed by atoms with Gasteiger partial charge in [0.2, 0.25) is 0 Å². The Bertz CT molecular complexity index is 279. The summed E-state index contributed by atoms with van der Waals surface area (Å²) in [5, 5.41) is 12.3. The Morgan fingerprint density at radius 3 is 2.77 bits per heavy atom. The zero-order valence-corrected chi connectivity index (χ0v) is 7.27. The van der Waals surface area contributed by atoms with E-state index in [2.05, 4.69) is 10.3 Å². The number of rotatable bonds is 2. The van der Waals surface area contributed by atoms with Crippen molar-refractivity contribution in [3.63, 3.8) is 0 Å². The molecule has 1 fully saturated rings. The van der Waals surface area contributed by atoms with E-state index in [9.17, 15) is 0 Å². The van der Waals surface area contributed by atoms with E-state index in [1.165, 1.54) is 0 Å². The first kappa shape index (κ1) is 8.31. The Hall–Kier alpha value is -1.29. The number of anilines is 2. The normalized spacial score (nSPS) is 26.5. The molecule has 0 unspecified atom stereocenters. The van der Waals surface area contributed by atoms with Crippen LogP contribution >= 0.6 is 0 Å². The zero-order chi connectivity index (χ0) is 9.26. The Morgan fingerprint density at radius 2 is 2.23 bits per heavy atom. The third kappa shape index (κ3) is 1.89. The summed E-state index contributed by atoms with van der Waals surface area (Å²) in [5.74, 6) is 0.825. The number of nitrogens with one attached hydrogen (secondary N) is 1. The highest BCUT2D eigenvalue weighted by atomic mass is 16.3. The first-order valence-corrected chi connectivity index (χ1v) is 4.40. The van der Waals surface area contributed by atoms with Crippen LogP contribution < -0.4 is 11.1 Å². The summed E-state index contributed by atoms with van der Waals surface area (Å²) in [4.78, 5) is 4.11. The molecule has 0 radical (unpaired) electrons. The summed E-state index contributed by atoms with van der Waals surface area (Å²) in [6.45, 7) is 0. The van der Waals surface area contributed by atoms with Crippen LogP contribution in [-0.4, -0.2) is 22.2 Å². The van der Waals surface area contributed by atoms with Crippen LogP contribution in [0.25, 0.3) is 0 Å². The monoisotopic (exact) mass is 179 g/mol. The average Bonchev–Trinajstić information content (AvgIpc) is 2.06. The second-order valence-electron chi connectivity index (χ2n) is 3.44. The number of nitrogen functional groups attached to an aromatic ring is 1. The Morgan fingerprint density at radius 1 is 1.46 bits per heavy atom. The van der Waals surface area contributed by atoms with Gasteiger partial charge in [-0.3, -0.25) is 0 Å². The zero-order valence-electron chi connectivity index (χ0n) is 7.27. The van der Waals surface area contributed by atoms with Crippen LogP contribution in [0.5, 0.6) is 0 Å². The molecule has 4 N–H and O–H groups in total. The summed E-state index contributed by atoms with van der Waals surface area (Å²) in [5.41, 5.74) is 6.16. The molecule has 2 rings (SSSR count). The van der Waals surface area contributed by atoms with Crippen LogP contribution in [0.1, 0.15) is 12.8 Å². The minimum Gasteiger partial charge on any atom is -0.397 e. The van der Waals surface area contributed by atoms with Crippen molar-refractivity contribution in [3.05, 3.63) is 18.3 Å². The molecule has 13 heavy (non-hydrogen) atoms. The van der Waals surface area contributed by atoms with Crippen LogP contribution in [0, 0.1) is 0 Å². The second-order valence-corrected chi connectivity index (χ2v) is 3.44. The molecule has 1 aliphatic rings. The van der Waals surface area contributed by atoms with Gasteiger partial charge in [0.1, 0.15) is 5.82 Å². The average molecular weight is 179 g/mol. The molecular formula is C9H13N3O. The minimum absolute atomic E-state index is 0.133. The number of pyridine rings is 1. The van der Waals surface area contributed by atoms with E-state index in [-0.39, 0.29) is 6.10 Å². The molecule has 0 saturated heterocycles. The summed E-state index contributed by atoms with van der Waals surface area (Å²) in [6.07, 6.45) is 3.11. The standard InChI is InChI=1S/C9H13N3O/c10-6-1-2-9(11-5-6)12-7-3-8(13)4-7/h1-2,5,7-8,13H,3-4,10H2,(H,11,12). The second kappa shape index (κ2) is 3.22. The van der Waals surface area contributed by atoms with Gasteiger partial charge in [0.15, 0.2) is 0 Å². The number of aromatic nitrogens is 1.